The van der Waals surface area contributed by atoms with Gasteiger partial charge >= 0.3 is 5.97 Å². The number of rotatable bonds is 5. The summed E-state index contributed by atoms with van der Waals surface area (Å²) in [7, 11) is 0. The fourth-order valence-corrected chi connectivity index (χ4v) is 1.92. The molecular weight excluding hydrogens is 334 g/mol. The lowest BCUT2D eigenvalue weighted by Gasteiger charge is -2.08. The maximum Gasteiger partial charge on any atom is 0.338 e. The van der Waals surface area contributed by atoms with E-state index in [-0.39, 0.29) is 17.2 Å². The molecule has 0 aromatic heterocycles. The van der Waals surface area contributed by atoms with Crippen molar-refractivity contribution in [3.05, 3.63) is 59.7 Å². The van der Waals surface area contributed by atoms with Gasteiger partial charge in [-0.25, -0.2) is 13.6 Å². The highest BCUT2D eigenvalue weighted by Gasteiger charge is 2.13. The smallest absolute Gasteiger partial charge is 0.338 e. The van der Waals surface area contributed by atoms with Crippen molar-refractivity contribution in [2.45, 2.75) is 6.92 Å². The first kappa shape index (κ1) is 18.1. The van der Waals surface area contributed by atoms with Gasteiger partial charge in [-0.15, -0.1) is 0 Å². The van der Waals surface area contributed by atoms with Gasteiger partial charge in [0, 0.05) is 18.7 Å². The largest absolute Gasteiger partial charge is 0.452 e. The number of amides is 2. The molecule has 0 saturated carbocycles. The molecule has 2 aromatic rings. The minimum atomic E-state index is -0.823. The molecular formula is C17H14F2N2O4. The third-order valence-corrected chi connectivity index (χ3v) is 2.96. The van der Waals surface area contributed by atoms with Crippen LogP contribution in [0.25, 0.3) is 0 Å². The minimum absolute atomic E-state index is 0.121. The average Bonchev–Trinajstić information content (AvgIpc) is 2.55. The van der Waals surface area contributed by atoms with Gasteiger partial charge in [-0.1, -0.05) is 6.07 Å². The van der Waals surface area contributed by atoms with Crippen LogP contribution in [-0.2, 0) is 14.3 Å². The summed E-state index contributed by atoms with van der Waals surface area (Å²) in [6.07, 6.45) is 0. The van der Waals surface area contributed by atoms with Crippen molar-refractivity contribution < 1.29 is 27.9 Å². The van der Waals surface area contributed by atoms with Crippen molar-refractivity contribution >= 4 is 29.2 Å². The van der Waals surface area contributed by atoms with E-state index in [9.17, 15) is 23.2 Å². The van der Waals surface area contributed by atoms with E-state index in [0.717, 1.165) is 18.2 Å². The molecule has 6 nitrogen and oxygen atoms in total. The number of carbonyl (C=O) groups is 3. The Balaban J connectivity index is 1.94. The SMILES string of the molecule is CC(=O)Nc1cccc(C(=O)OCC(=O)Nc2cc(F)ccc2F)c1. The van der Waals surface area contributed by atoms with Crippen LogP contribution in [0.5, 0.6) is 0 Å². The zero-order valence-electron chi connectivity index (χ0n) is 13.1. The van der Waals surface area contributed by atoms with Crippen LogP contribution in [0.15, 0.2) is 42.5 Å². The first-order chi connectivity index (χ1) is 11.8. The van der Waals surface area contributed by atoms with Crippen molar-refractivity contribution in [2.24, 2.45) is 0 Å². The number of halogens is 2. The molecule has 0 fully saturated rings. The number of nitrogens with one attached hydrogen (secondary N) is 2. The van der Waals surface area contributed by atoms with Crippen LogP contribution in [0.1, 0.15) is 17.3 Å². The van der Waals surface area contributed by atoms with E-state index in [2.05, 4.69) is 10.6 Å². The number of ether oxygens (including phenoxy) is 1. The van der Waals surface area contributed by atoms with Gasteiger partial charge in [-0.2, -0.15) is 0 Å². The van der Waals surface area contributed by atoms with Crippen LogP contribution < -0.4 is 10.6 Å². The van der Waals surface area contributed by atoms with E-state index >= 15 is 0 Å². The van der Waals surface area contributed by atoms with Crippen LogP contribution in [0.2, 0.25) is 0 Å². The number of hydrogen-bond donors (Lipinski definition) is 2. The zero-order valence-corrected chi connectivity index (χ0v) is 13.1. The zero-order chi connectivity index (χ0) is 18.4. The van der Waals surface area contributed by atoms with Gasteiger partial charge in [0.2, 0.25) is 5.91 Å². The summed E-state index contributed by atoms with van der Waals surface area (Å²) >= 11 is 0. The number of esters is 1. The molecule has 0 bridgehead atoms. The third-order valence-electron chi connectivity index (χ3n) is 2.96. The van der Waals surface area contributed by atoms with Crippen molar-refractivity contribution in [3.63, 3.8) is 0 Å². The lowest BCUT2D eigenvalue weighted by Crippen LogP contribution is -2.21. The van der Waals surface area contributed by atoms with Gasteiger partial charge in [0.05, 0.1) is 11.3 Å². The van der Waals surface area contributed by atoms with Gasteiger partial charge in [0.1, 0.15) is 11.6 Å². The molecule has 0 aliphatic carbocycles. The summed E-state index contributed by atoms with van der Waals surface area (Å²) in [6.45, 7) is 0.639. The summed E-state index contributed by atoms with van der Waals surface area (Å²) in [5.74, 6) is -3.47. The topological polar surface area (TPSA) is 84.5 Å². The quantitative estimate of drug-likeness (QED) is 0.814. The Labute approximate surface area is 141 Å². The molecule has 2 aromatic carbocycles. The van der Waals surface area contributed by atoms with E-state index in [0.29, 0.717) is 5.69 Å². The lowest BCUT2D eigenvalue weighted by atomic mass is 10.2. The summed E-state index contributed by atoms with van der Waals surface area (Å²) in [4.78, 5) is 34.6. The highest BCUT2D eigenvalue weighted by Crippen LogP contribution is 2.15. The molecule has 2 rings (SSSR count). The molecule has 0 unspecified atom stereocenters. The second-order valence-corrected chi connectivity index (χ2v) is 5.01. The second-order valence-electron chi connectivity index (χ2n) is 5.01. The Morgan fingerprint density at radius 3 is 2.52 bits per heavy atom. The van der Waals surface area contributed by atoms with E-state index in [1.807, 2.05) is 0 Å². The summed E-state index contributed by atoms with van der Waals surface area (Å²) < 4.78 is 31.3. The molecule has 0 atom stereocenters. The van der Waals surface area contributed by atoms with Gasteiger partial charge in [0.15, 0.2) is 6.61 Å². The van der Waals surface area contributed by atoms with E-state index < -0.39 is 30.1 Å². The lowest BCUT2D eigenvalue weighted by molar-refractivity contribution is -0.119. The van der Waals surface area contributed by atoms with Crippen LogP contribution >= 0.6 is 0 Å². The molecule has 8 heteroatoms. The first-order valence-corrected chi connectivity index (χ1v) is 7.15. The second kappa shape index (κ2) is 8.00. The Morgan fingerprint density at radius 1 is 1.04 bits per heavy atom. The Bertz CT molecular complexity index is 824. The van der Waals surface area contributed by atoms with Gasteiger partial charge < -0.3 is 15.4 Å². The maximum atomic E-state index is 13.4. The van der Waals surface area contributed by atoms with Crippen molar-refractivity contribution in [1.82, 2.24) is 0 Å². The van der Waals surface area contributed by atoms with Gasteiger partial charge in [-0.05, 0) is 30.3 Å². The molecule has 0 spiro atoms. The number of hydrogen-bond acceptors (Lipinski definition) is 4. The molecule has 0 aliphatic heterocycles. The third kappa shape index (κ3) is 5.38. The van der Waals surface area contributed by atoms with E-state index in [1.165, 1.54) is 25.1 Å². The molecule has 0 radical (unpaired) electrons. The van der Waals surface area contributed by atoms with Crippen molar-refractivity contribution in [2.75, 3.05) is 17.2 Å². The molecule has 2 N–H and O–H groups in total. The predicted molar refractivity (Wildman–Crippen MR) is 86.0 cm³/mol. The molecule has 25 heavy (non-hydrogen) atoms. The summed E-state index contributed by atoms with van der Waals surface area (Å²) in [6, 6.07) is 8.52. The predicted octanol–water partition coefficient (Wildman–Crippen LogP) is 2.72. The van der Waals surface area contributed by atoms with E-state index in [4.69, 9.17) is 4.74 Å². The normalized spacial score (nSPS) is 10.0. The highest BCUT2D eigenvalue weighted by atomic mass is 19.1. The molecule has 0 saturated heterocycles. The van der Waals surface area contributed by atoms with E-state index in [1.54, 1.807) is 6.07 Å². The van der Waals surface area contributed by atoms with Gasteiger partial charge in [-0.3, -0.25) is 9.59 Å². The van der Waals surface area contributed by atoms with Crippen LogP contribution in [0.4, 0.5) is 20.2 Å². The Morgan fingerprint density at radius 2 is 1.80 bits per heavy atom. The minimum Gasteiger partial charge on any atom is -0.452 e. The van der Waals surface area contributed by atoms with Gasteiger partial charge in [0.25, 0.3) is 5.91 Å². The fourth-order valence-electron chi connectivity index (χ4n) is 1.92. The standard InChI is InChI=1S/C17H14F2N2O4/c1-10(22)20-13-4-2-3-11(7-13)17(24)25-9-16(23)21-15-8-12(18)5-6-14(15)19/h2-8H,9H2,1H3,(H,20,22)(H,21,23). The number of benzene rings is 2. The number of carbonyl (C=O) groups excluding carboxylic acids is 3. The monoisotopic (exact) mass is 348 g/mol. The van der Waals surface area contributed by atoms with Crippen LogP contribution in [0, 0.1) is 11.6 Å². The van der Waals surface area contributed by atoms with Crippen molar-refractivity contribution in [1.29, 1.82) is 0 Å². The number of anilines is 2. The highest BCUT2D eigenvalue weighted by molar-refractivity contribution is 5.96. The Kier molecular flexibility index (Phi) is 5.78. The molecule has 2 amide bonds. The molecule has 0 heterocycles. The molecule has 130 valence electrons. The summed E-state index contributed by atoms with van der Waals surface area (Å²) in [5.41, 5.74) is 0.165. The first-order valence-electron chi connectivity index (χ1n) is 7.15. The fraction of sp³-hybridized carbons (Fsp3) is 0.118. The van der Waals surface area contributed by atoms with Crippen LogP contribution in [0.3, 0.4) is 0 Å². The van der Waals surface area contributed by atoms with Crippen LogP contribution in [-0.4, -0.2) is 24.4 Å². The Hall–Kier alpha value is -3.29. The maximum absolute atomic E-state index is 13.4. The van der Waals surface area contributed by atoms with Crippen molar-refractivity contribution in [3.8, 4) is 0 Å². The average molecular weight is 348 g/mol. The molecule has 0 aliphatic rings. The summed E-state index contributed by atoms with van der Waals surface area (Å²) in [5, 5.41) is 4.61.